The van der Waals surface area contributed by atoms with Crippen LogP contribution in [0.4, 0.5) is 4.79 Å². The van der Waals surface area contributed by atoms with Crippen LogP contribution in [-0.4, -0.2) is 52.7 Å². The quantitative estimate of drug-likeness (QED) is 0.790. The lowest BCUT2D eigenvalue weighted by molar-refractivity contribution is 0.0130. The molecule has 0 radical (unpaired) electrons. The smallest absolute Gasteiger partial charge is 0.410 e. The molecule has 0 saturated carbocycles. The Morgan fingerprint density at radius 1 is 1.48 bits per heavy atom. The summed E-state index contributed by atoms with van der Waals surface area (Å²) < 4.78 is 5.46. The molecule has 0 aliphatic carbocycles. The Kier molecular flexibility index (Phi) is 5.87. The van der Waals surface area contributed by atoms with Crippen molar-refractivity contribution < 1.29 is 9.53 Å². The van der Waals surface area contributed by atoms with Crippen molar-refractivity contribution >= 4 is 17.7 Å². The van der Waals surface area contributed by atoms with E-state index in [0.717, 1.165) is 38.0 Å². The lowest BCUT2D eigenvalue weighted by Crippen LogP contribution is -2.49. The minimum atomic E-state index is -0.464. The Hall–Kier alpha value is -1.33. The molecular weight excluding hydrogens is 314 g/mol. The van der Waals surface area contributed by atoms with Gasteiger partial charge in [0, 0.05) is 32.4 Å². The highest BCUT2D eigenvalue weighted by molar-refractivity contribution is 6.29. The van der Waals surface area contributed by atoms with Crippen LogP contribution in [0.25, 0.3) is 0 Å². The van der Waals surface area contributed by atoms with E-state index in [-0.39, 0.29) is 12.1 Å². The van der Waals surface area contributed by atoms with E-state index in [2.05, 4.69) is 9.88 Å². The van der Waals surface area contributed by atoms with Gasteiger partial charge in [-0.25, -0.2) is 9.78 Å². The van der Waals surface area contributed by atoms with Crippen LogP contribution in [0.5, 0.6) is 0 Å². The SMILES string of the molecule is CN(C(=O)OC(C)(C)C)C1CCCN(Cc2ccc(Cl)nc2)C1. The van der Waals surface area contributed by atoms with E-state index in [1.165, 1.54) is 0 Å². The van der Waals surface area contributed by atoms with Crippen molar-refractivity contribution in [3.05, 3.63) is 29.0 Å². The third kappa shape index (κ3) is 5.66. The zero-order valence-electron chi connectivity index (χ0n) is 14.4. The van der Waals surface area contributed by atoms with Crippen LogP contribution in [0.15, 0.2) is 18.3 Å². The molecular formula is C17H26ClN3O2. The number of piperidine rings is 1. The van der Waals surface area contributed by atoms with Crippen LogP contribution >= 0.6 is 11.6 Å². The topological polar surface area (TPSA) is 45.7 Å². The molecule has 0 spiro atoms. The first-order valence-corrected chi connectivity index (χ1v) is 8.41. The Bertz CT molecular complexity index is 528. The molecule has 6 heteroatoms. The number of hydrogen-bond acceptors (Lipinski definition) is 4. The van der Waals surface area contributed by atoms with Gasteiger partial charge in [-0.1, -0.05) is 17.7 Å². The average molecular weight is 340 g/mol. The van der Waals surface area contributed by atoms with E-state index in [1.807, 2.05) is 46.1 Å². The van der Waals surface area contributed by atoms with Gasteiger partial charge in [0.1, 0.15) is 10.8 Å². The third-order valence-corrected chi connectivity index (χ3v) is 4.13. The number of nitrogens with zero attached hydrogens (tertiary/aromatic N) is 3. The van der Waals surface area contributed by atoms with Crippen LogP contribution in [0, 0.1) is 0 Å². The van der Waals surface area contributed by atoms with Crippen LogP contribution in [0.2, 0.25) is 5.15 Å². The highest BCUT2D eigenvalue weighted by atomic mass is 35.5. The summed E-state index contributed by atoms with van der Waals surface area (Å²) in [5.74, 6) is 0. The van der Waals surface area contributed by atoms with Gasteiger partial charge in [0.25, 0.3) is 0 Å². The molecule has 1 saturated heterocycles. The van der Waals surface area contributed by atoms with Gasteiger partial charge in [-0.3, -0.25) is 4.90 Å². The number of pyridine rings is 1. The monoisotopic (exact) mass is 339 g/mol. The second kappa shape index (κ2) is 7.49. The number of likely N-dealkylation sites (tertiary alicyclic amines) is 1. The van der Waals surface area contributed by atoms with Crippen LogP contribution in [-0.2, 0) is 11.3 Å². The number of rotatable bonds is 3. The van der Waals surface area contributed by atoms with Crippen LogP contribution in [0.3, 0.4) is 0 Å². The summed E-state index contributed by atoms with van der Waals surface area (Å²) in [6, 6.07) is 3.99. The second-order valence-corrected chi connectivity index (χ2v) is 7.50. The molecule has 1 atom stereocenters. The maximum absolute atomic E-state index is 12.2. The largest absolute Gasteiger partial charge is 0.444 e. The maximum atomic E-state index is 12.2. The van der Waals surface area contributed by atoms with Crippen molar-refractivity contribution in [3.8, 4) is 0 Å². The number of carbonyl (C=O) groups excluding carboxylic acids is 1. The number of likely N-dealkylation sites (N-methyl/N-ethyl adjacent to an activating group) is 1. The van der Waals surface area contributed by atoms with Gasteiger partial charge in [0.2, 0.25) is 0 Å². The first-order chi connectivity index (χ1) is 10.7. The molecule has 1 aliphatic rings. The molecule has 0 aromatic carbocycles. The van der Waals surface area contributed by atoms with Crippen LogP contribution in [0.1, 0.15) is 39.2 Å². The molecule has 1 aromatic heterocycles. The second-order valence-electron chi connectivity index (χ2n) is 7.11. The number of carbonyl (C=O) groups is 1. The summed E-state index contributed by atoms with van der Waals surface area (Å²) in [4.78, 5) is 20.4. The number of halogens is 1. The minimum Gasteiger partial charge on any atom is -0.444 e. The Balaban J connectivity index is 1.92. The molecule has 2 rings (SSSR count). The molecule has 0 N–H and O–H groups in total. The highest BCUT2D eigenvalue weighted by Crippen LogP contribution is 2.19. The van der Waals surface area contributed by atoms with E-state index in [4.69, 9.17) is 16.3 Å². The van der Waals surface area contributed by atoms with Gasteiger partial charge in [0.05, 0.1) is 0 Å². The molecule has 1 unspecified atom stereocenters. The molecule has 0 bridgehead atoms. The van der Waals surface area contributed by atoms with Crippen molar-refractivity contribution in [3.63, 3.8) is 0 Å². The molecule has 1 aliphatic heterocycles. The fraction of sp³-hybridized carbons (Fsp3) is 0.647. The van der Waals surface area contributed by atoms with Gasteiger partial charge in [-0.2, -0.15) is 0 Å². The number of amides is 1. The minimum absolute atomic E-state index is 0.179. The summed E-state index contributed by atoms with van der Waals surface area (Å²) in [5.41, 5.74) is 0.671. The Morgan fingerprint density at radius 2 is 2.22 bits per heavy atom. The molecule has 128 valence electrons. The molecule has 5 nitrogen and oxygen atoms in total. The summed E-state index contributed by atoms with van der Waals surface area (Å²) in [5, 5.41) is 0.509. The van der Waals surface area contributed by atoms with E-state index < -0.39 is 5.60 Å². The number of ether oxygens (including phenoxy) is 1. The summed E-state index contributed by atoms with van der Waals surface area (Å²) >= 11 is 5.82. The van der Waals surface area contributed by atoms with Crippen molar-refractivity contribution in [2.75, 3.05) is 20.1 Å². The van der Waals surface area contributed by atoms with Gasteiger partial charge in [0.15, 0.2) is 0 Å². The predicted molar refractivity (Wildman–Crippen MR) is 91.5 cm³/mol. The Morgan fingerprint density at radius 3 is 2.83 bits per heavy atom. The molecule has 2 heterocycles. The number of aromatic nitrogens is 1. The van der Waals surface area contributed by atoms with Gasteiger partial charge >= 0.3 is 6.09 Å². The van der Waals surface area contributed by atoms with Crippen molar-refractivity contribution in [1.29, 1.82) is 0 Å². The molecule has 1 amide bonds. The van der Waals surface area contributed by atoms with E-state index in [1.54, 1.807) is 4.90 Å². The summed E-state index contributed by atoms with van der Waals surface area (Å²) in [6.45, 7) is 8.36. The van der Waals surface area contributed by atoms with Crippen LogP contribution < -0.4 is 0 Å². The summed E-state index contributed by atoms with van der Waals surface area (Å²) in [7, 11) is 1.83. The van der Waals surface area contributed by atoms with E-state index in [9.17, 15) is 4.79 Å². The zero-order valence-corrected chi connectivity index (χ0v) is 15.1. The number of hydrogen-bond donors (Lipinski definition) is 0. The molecule has 1 fully saturated rings. The van der Waals surface area contributed by atoms with E-state index in [0.29, 0.717) is 5.15 Å². The predicted octanol–water partition coefficient (Wildman–Crippen LogP) is 3.57. The normalized spacial score (nSPS) is 19.4. The van der Waals surface area contributed by atoms with Crippen molar-refractivity contribution in [1.82, 2.24) is 14.8 Å². The third-order valence-electron chi connectivity index (χ3n) is 3.90. The van der Waals surface area contributed by atoms with Gasteiger partial charge in [-0.15, -0.1) is 0 Å². The van der Waals surface area contributed by atoms with E-state index >= 15 is 0 Å². The molecule has 1 aromatic rings. The van der Waals surface area contributed by atoms with Crippen molar-refractivity contribution in [2.45, 2.75) is 51.8 Å². The van der Waals surface area contributed by atoms with Gasteiger partial charge in [-0.05, 0) is 51.8 Å². The fourth-order valence-corrected chi connectivity index (χ4v) is 2.84. The first kappa shape index (κ1) is 18.0. The lowest BCUT2D eigenvalue weighted by Gasteiger charge is -2.38. The standard InChI is InChI=1S/C17H26ClN3O2/c1-17(2,3)23-16(22)20(4)14-6-5-9-21(12-14)11-13-7-8-15(18)19-10-13/h7-8,10,14H,5-6,9,11-12H2,1-4H3. The average Bonchev–Trinajstić information content (AvgIpc) is 2.47. The maximum Gasteiger partial charge on any atom is 0.410 e. The zero-order chi connectivity index (χ0) is 17.0. The highest BCUT2D eigenvalue weighted by Gasteiger charge is 2.29. The van der Waals surface area contributed by atoms with Gasteiger partial charge < -0.3 is 9.64 Å². The lowest BCUT2D eigenvalue weighted by atomic mass is 10.0. The van der Waals surface area contributed by atoms with Crippen molar-refractivity contribution in [2.24, 2.45) is 0 Å². The molecule has 23 heavy (non-hydrogen) atoms. The Labute approximate surface area is 143 Å². The first-order valence-electron chi connectivity index (χ1n) is 8.03. The summed E-state index contributed by atoms with van der Waals surface area (Å²) in [6.07, 6.45) is 3.63. The fourth-order valence-electron chi connectivity index (χ4n) is 2.73.